The molecule has 0 radical (unpaired) electrons. The van der Waals surface area contributed by atoms with Crippen LogP contribution in [0, 0.1) is 6.92 Å². The van der Waals surface area contributed by atoms with Gasteiger partial charge in [-0.3, -0.25) is 14.6 Å². The first-order valence-electron chi connectivity index (χ1n) is 9.09. The largest absolute Gasteiger partial charge is 0.299 e. The van der Waals surface area contributed by atoms with Crippen molar-refractivity contribution < 1.29 is 0 Å². The minimum absolute atomic E-state index is 0.0384. The van der Waals surface area contributed by atoms with E-state index >= 15 is 0 Å². The smallest absolute Gasteiger partial charge is 0.267 e. The Morgan fingerprint density at radius 3 is 2.69 bits per heavy atom. The molecule has 9 heteroatoms. The zero-order valence-electron chi connectivity index (χ0n) is 15.1. The molecule has 1 fully saturated rings. The van der Waals surface area contributed by atoms with Crippen LogP contribution in [-0.2, 0) is 25.3 Å². The lowest BCUT2D eigenvalue weighted by Crippen LogP contribution is -2.47. The summed E-state index contributed by atoms with van der Waals surface area (Å²) in [4.78, 5) is 17.1. The zero-order chi connectivity index (χ0) is 17.9. The van der Waals surface area contributed by atoms with Gasteiger partial charge in [-0.1, -0.05) is 0 Å². The maximum absolute atomic E-state index is 12.3. The number of piperazine rings is 1. The van der Waals surface area contributed by atoms with Gasteiger partial charge in [-0.15, -0.1) is 21.5 Å². The third-order valence-electron chi connectivity index (χ3n) is 4.92. The minimum Gasteiger partial charge on any atom is -0.299 e. The summed E-state index contributed by atoms with van der Waals surface area (Å²) >= 11 is 3.56. The normalized spacial score (nSPS) is 18.8. The Kier molecular flexibility index (Phi) is 5.68. The molecule has 4 rings (SSSR count). The Balaban J connectivity index is 1.28. The summed E-state index contributed by atoms with van der Waals surface area (Å²) in [7, 11) is 0. The molecule has 4 heterocycles. The molecule has 140 valence electrons. The molecule has 0 saturated carbocycles. The van der Waals surface area contributed by atoms with Crippen molar-refractivity contribution in [1.29, 1.82) is 0 Å². The van der Waals surface area contributed by atoms with Gasteiger partial charge in [0.1, 0.15) is 10.0 Å². The predicted molar refractivity (Wildman–Crippen MR) is 105 cm³/mol. The van der Waals surface area contributed by atoms with Crippen molar-refractivity contribution in [2.24, 2.45) is 0 Å². The van der Waals surface area contributed by atoms with E-state index in [0.717, 1.165) is 78.5 Å². The molecule has 0 N–H and O–H groups in total. The highest BCUT2D eigenvalue weighted by Gasteiger charge is 2.19. The average molecular weight is 393 g/mol. The van der Waals surface area contributed by atoms with Gasteiger partial charge in [0.15, 0.2) is 0 Å². The van der Waals surface area contributed by atoms with E-state index in [9.17, 15) is 4.79 Å². The molecule has 0 amide bonds. The maximum atomic E-state index is 12.3. The third-order valence-corrected chi connectivity index (χ3v) is 6.76. The molecule has 0 bridgehead atoms. The standard InChI is InChI=1S/C17H24N6OS2/c1-13-18-19-16(26-13)11-22-5-3-21(4-6-22)7-8-23-17(24)10-14-12-25-9-2-15(14)20-23/h10H,2-9,11-12H2,1H3. The van der Waals surface area contributed by atoms with Crippen molar-refractivity contribution in [2.75, 3.05) is 38.5 Å². The van der Waals surface area contributed by atoms with Crippen LogP contribution in [-0.4, -0.2) is 68.3 Å². The first-order chi connectivity index (χ1) is 12.7. The van der Waals surface area contributed by atoms with E-state index < -0.39 is 0 Å². The van der Waals surface area contributed by atoms with Crippen LogP contribution in [0.2, 0.25) is 0 Å². The molecule has 1 saturated heterocycles. The second-order valence-electron chi connectivity index (χ2n) is 6.81. The summed E-state index contributed by atoms with van der Waals surface area (Å²) in [6.45, 7) is 8.55. The van der Waals surface area contributed by atoms with Crippen molar-refractivity contribution in [3.8, 4) is 0 Å². The van der Waals surface area contributed by atoms with Crippen molar-refractivity contribution in [2.45, 2.75) is 32.2 Å². The lowest BCUT2D eigenvalue weighted by atomic mass is 10.2. The number of aryl methyl sites for hydroxylation is 2. The second-order valence-corrected chi connectivity index (χ2v) is 9.18. The van der Waals surface area contributed by atoms with Gasteiger partial charge < -0.3 is 0 Å². The van der Waals surface area contributed by atoms with Gasteiger partial charge in [-0.05, 0) is 18.2 Å². The van der Waals surface area contributed by atoms with E-state index in [0.29, 0.717) is 6.54 Å². The van der Waals surface area contributed by atoms with E-state index in [-0.39, 0.29) is 5.56 Å². The Hall–Kier alpha value is -1.29. The number of fused-ring (bicyclic) bond motifs is 1. The van der Waals surface area contributed by atoms with Gasteiger partial charge in [-0.25, -0.2) is 4.68 Å². The highest BCUT2D eigenvalue weighted by atomic mass is 32.2. The molecule has 0 atom stereocenters. The van der Waals surface area contributed by atoms with Crippen LogP contribution < -0.4 is 5.56 Å². The highest BCUT2D eigenvalue weighted by Crippen LogP contribution is 2.21. The average Bonchev–Trinajstić information content (AvgIpc) is 3.06. The summed E-state index contributed by atoms with van der Waals surface area (Å²) in [5.74, 6) is 2.03. The predicted octanol–water partition coefficient (Wildman–Crippen LogP) is 1.01. The van der Waals surface area contributed by atoms with Crippen LogP contribution in [0.5, 0.6) is 0 Å². The molecule has 0 spiro atoms. The summed E-state index contributed by atoms with van der Waals surface area (Å²) in [6.07, 6.45) is 0.976. The van der Waals surface area contributed by atoms with Crippen LogP contribution in [0.4, 0.5) is 0 Å². The molecule has 0 aromatic carbocycles. The van der Waals surface area contributed by atoms with E-state index in [4.69, 9.17) is 0 Å². The van der Waals surface area contributed by atoms with Gasteiger partial charge in [0.25, 0.3) is 5.56 Å². The minimum atomic E-state index is 0.0384. The zero-order valence-corrected chi connectivity index (χ0v) is 16.7. The maximum Gasteiger partial charge on any atom is 0.267 e. The van der Waals surface area contributed by atoms with Crippen LogP contribution in [0.15, 0.2) is 10.9 Å². The topological polar surface area (TPSA) is 67.2 Å². The lowest BCUT2D eigenvalue weighted by Gasteiger charge is -2.34. The third kappa shape index (κ3) is 4.33. The number of thioether (sulfide) groups is 1. The highest BCUT2D eigenvalue weighted by molar-refractivity contribution is 7.98. The molecular weight excluding hydrogens is 368 g/mol. The molecule has 0 aliphatic carbocycles. The van der Waals surface area contributed by atoms with E-state index in [1.807, 2.05) is 18.7 Å². The summed E-state index contributed by atoms with van der Waals surface area (Å²) < 4.78 is 1.66. The van der Waals surface area contributed by atoms with Crippen LogP contribution in [0.25, 0.3) is 0 Å². The van der Waals surface area contributed by atoms with Crippen molar-refractivity contribution in [3.63, 3.8) is 0 Å². The van der Waals surface area contributed by atoms with Crippen molar-refractivity contribution in [3.05, 3.63) is 37.7 Å². The quantitative estimate of drug-likeness (QED) is 0.752. The fourth-order valence-electron chi connectivity index (χ4n) is 3.41. The van der Waals surface area contributed by atoms with Gasteiger partial charge in [-0.2, -0.15) is 16.9 Å². The molecule has 7 nitrogen and oxygen atoms in total. The van der Waals surface area contributed by atoms with Gasteiger partial charge in [0, 0.05) is 51.0 Å². The summed E-state index contributed by atoms with van der Waals surface area (Å²) in [5, 5.41) is 15.0. The Morgan fingerprint density at radius 1 is 1.12 bits per heavy atom. The summed E-state index contributed by atoms with van der Waals surface area (Å²) in [5.41, 5.74) is 2.28. The number of aromatic nitrogens is 4. The van der Waals surface area contributed by atoms with E-state index in [1.165, 1.54) is 0 Å². The molecular formula is C17H24N6OS2. The molecule has 2 aliphatic rings. The number of hydrogen-bond acceptors (Lipinski definition) is 8. The number of rotatable bonds is 5. The first kappa shape index (κ1) is 18.1. The van der Waals surface area contributed by atoms with E-state index in [1.54, 1.807) is 22.1 Å². The molecule has 2 aromatic rings. The van der Waals surface area contributed by atoms with Crippen LogP contribution >= 0.6 is 23.1 Å². The first-order valence-corrected chi connectivity index (χ1v) is 11.1. The van der Waals surface area contributed by atoms with Gasteiger partial charge >= 0.3 is 0 Å². The Bertz CT molecular complexity index is 812. The molecule has 2 aliphatic heterocycles. The monoisotopic (exact) mass is 392 g/mol. The SMILES string of the molecule is Cc1nnc(CN2CCN(CCn3nc4c(cc3=O)CSCC4)CC2)s1. The van der Waals surface area contributed by atoms with Crippen molar-refractivity contribution >= 4 is 23.1 Å². The fraction of sp³-hybridized carbons (Fsp3) is 0.647. The molecule has 26 heavy (non-hydrogen) atoms. The Labute approximate surface area is 161 Å². The summed E-state index contributed by atoms with van der Waals surface area (Å²) in [6, 6.07) is 1.79. The van der Waals surface area contributed by atoms with Crippen LogP contribution in [0.1, 0.15) is 21.3 Å². The molecule has 0 unspecified atom stereocenters. The lowest BCUT2D eigenvalue weighted by molar-refractivity contribution is 0.122. The fourth-order valence-corrected chi connectivity index (χ4v) is 5.12. The number of hydrogen-bond donors (Lipinski definition) is 0. The Morgan fingerprint density at radius 2 is 1.92 bits per heavy atom. The van der Waals surface area contributed by atoms with Crippen LogP contribution in [0.3, 0.4) is 0 Å². The van der Waals surface area contributed by atoms with Crippen molar-refractivity contribution in [1.82, 2.24) is 29.8 Å². The molecule has 2 aromatic heterocycles. The second kappa shape index (κ2) is 8.16. The van der Waals surface area contributed by atoms with Gasteiger partial charge in [0.05, 0.1) is 18.8 Å². The van der Waals surface area contributed by atoms with E-state index in [2.05, 4.69) is 25.1 Å². The van der Waals surface area contributed by atoms with Gasteiger partial charge in [0.2, 0.25) is 0 Å². The number of nitrogens with zero attached hydrogens (tertiary/aromatic N) is 6.